The van der Waals surface area contributed by atoms with Crippen LogP contribution in [-0.2, 0) is 9.53 Å². The Balaban J connectivity index is 1.71. The molecule has 7 heteroatoms. The minimum Gasteiger partial charge on any atom is -0.484 e. The summed E-state index contributed by atoms with van der Waals surface area (Å²) in [5, 5.41) is 2.94. The first kappa shape index (κ1) is 24.6. The zero-order chi connectivity index (χ0) is 23.8. The first-order valence-corrected chi connectivity index (χ1v) is 11.7. The quantitative estimate of drug-likeness (QED) is 0.576. The van der Waals surface area contributed by atoms with Gasteiger partial charge in [-0.15, -0.1) is 0 Å². The third kappa shape index (κ3) is 6.71. The van der Waals surface area contributed by atoms with Crippen LogP contribution in [0.25, 0.3) is 0 Å². The van der Waals surface area contributed by atoms with Crippen LogP contribution >= 0.6 is 0 Å². The lowest BCUT2D eigenvalue weighted by Gasteiger charge is -2.36. The van der Waals surface area contributed by atoms with Crippen molar-refractivity contribution in [1.82, 2.24) is 4.90 Å². The molecule has 1 amide bonds. The Hall–Kier alpha value is -3.06. The highest BCUT2D eigenvalue weighted by molar-refractivity contribution is 5.98. The maximum atomic E-state index is 12.7. The number of esters is 1. The first-order chi connectivity index (χ1) is 15.9. The fourth-order valence-electron chi connectivity index (χ4n) is 3.84. The number of nitrogens with one attached hydrogen (secondary N) is 1. The van der Waals surface area contributed by atoms with Gasteiger partial charge in [0.1, 0.15) is 5.75 Å². The van der Waals surface area contributed by atoms with Crippen LogP contribution in [0.1, 0.15) is 49.5 Å². The predicted octanol–water partition coefficient (Wildman–Crippen LogP) is 4.15. The molecular formula is C26H35N3O4. The van der Waals surface area contributed by atoms with E-state index in [0.29, 0.717) is 29.5 Å². The molecule has 178 valence electrons. The number of likely N-dealkylation sites (N-methyl/N-ethyl adjacent to an activating group) is 1. The largest absolute Gasteiger partial charge is 0.484 e. The van der Waals surface area contributed by atoms with Gasteiger partial charge in [0, 0.05) is 26.2 Å². The van der Waals surface area contributed by atoms with Gasteiger partial charge in [-0.25, -0.2) is 4.79 Å². The zero-order valence-electron chi connectivity index (χ0n) is 20.1. The minimum absolute atomic E-state index is 0.117. The Morgan fingerprint density at radius 1 is 1.00 bits per heavy atom. The number of hydrogen-bond acceptors (Lipinski definition) is 6. The Bertz CT molecular complexity index is 935. The average molecular weight is 454 g/mol. The lowest BCUT2D eigenvalue weighted by atomic mass is 10.0. The van der Waals surface area contributed by atoms with Gasteiger partial charge in [-0.2, -0.15) is 0 Å². The van der Waals surface area contributed by atoms with Crippen LogP contribution in [0.4, 0.5) is 11.4 Å². The van der Waals surface area contributed by atoms with Gasteiger partial charge in [0.05, 0.1) is 23.5 Å². The van der Waals surface area contributed by atoms with Crippen molar-refractivity contribution in [2.24, 2.45) is 0 Å². The minimum atomic E-state index is -0.406. The molecule has 1 saturated heterocycles. The molecule has 7 nitrogen and oxygen atoms in total. The smallest absolute Gasteiger partial charge is 0.338 e. The van der Waals surface area contributed by atoms with Crippen molar-refractivity contribution in [3.63, 3.8) is 0 Å². The van der Waals surface area contributed by atoms with Crippen molar-refractivity contribution in [2.45, 2.75) is 33.6 Å². The fourth-order valence-corrected chi connectivity index (χ4v) is 3.84. The highest BCUT2D eigenvalue weighted by Gasteiger charge is 2.21. The number of piperazine rings is 1. The number of amides is 1. The molecule has 3 rings (SSSR count). The molecule has 1 aliphatic rings. The third-order valence-corrected chi connectivity index (χ3v) is 5.86. The number of benzene rings is 2. The number of hydrogen-bond donors (Lipinski definition) is 1. The number of nitrogens with zero attached hydrogens (tertiary/aromatic N) is 2. The van der Waals surface area contributed by atoms with E-state index in [9.17, 15) is 9.59 Å². The zero-order valence-corrected chi connectivity index (χ0v) is 20.1. The Kier molecular flexibility index (Phi) is 8.72. The van der Waals surface area contributed by atoms with Gasteiger partial charge >= 0.3 is 5.97 Å². The van der Waals surface area contributed by atoms with Crippen molar-refractivity contribution in [3.05, 3.63) is 53.6 Å². The molecule has 1 N–H and O–H groups in total. The van der Waals surface area contributed by atoms with Crippen LogP contribution in [-0.4, -0.2) is 62.7 Å². The van der Waals surface area contributed by atoms with Crippen molar-refractivity contribution in [1.29, 1.82) is 0 Å². The summed E-state index contributed by atoms with van der Waals surface area (Å²) >= 11 is 0. The second kappa shape index (κ2) is 11.7. The van der Waals surface area contributed by atoms with Crippen molar-refractivity contribution < 1.29 is 19.1 Å². The highest BCUT2D eigenvalue weighted by atomic mass is 16.5. The van der Waals surface area contributed by atoms with Crippen molar-refractivity contribution in [3.8, 4) is 5.75 Å². The molecule has 0 radical (unpaired) electrons. The standard InChI is InChI=1S/C26H35N3O4/c1-5-28-13-15-29(16-14-28)24-12-9-21(26(31)32-6-2)17-23(24)27-25(30)18-33-22-10-7-20(8-11-22)19(3)4/h7-12,17,19H,5-6,13-16,18H2,1-4H3,(H,27,30). The SMILES string of the molecule is CCOC(=O)c1ccc(N2CCN(CC)CC2)c(NC(=O)COc2ccc(C(C)C)cc2)c1. The molecule has 33 heavy (non-hydrogen) atoms. The van der Waals surface area contributed by atoms with Crippen LogP contribution in [0.2, 0.25) is 0 Å². The molecule has 1 heterocycles. The van der Waals surface area contributed by atoms with Gasteiger partial charge in [-0.05, 0) is 55.3 Å². The van der Waals surface area contributed by atoms with Crippen LogP contribution in [0.5, 0.6) is 5.75 Å². The van der Waals surface area contributed by atoms with Crippen LogP contribution in [0.3, 0.4) is 0 Å². The van der Waals surface area contributed by atoms with E-state index < -0.39 is 5.97 Å². The van der Waals surface area contributed by atoms with Gasteiger partial charge in [0.25, 0.3) is 5.91 Å². The third-order valence-electron chi connectivity index (χ3n) is 5.86. The molecule has 0 aliphatic carbocycles. The summed E-state index contributed by atoms with van der Waals surface area (Å²) in [5.41, 5.74) is 3.12. The maximum Gasteiger partial charge on any atom is 0.338 e. The van der Waals surface area contributed by atoms with E-state index >= 15 is 0 Å². The van der Waals surface area contributed by atoms with Crippen LogP contribution in [0.15, 0.2) is 42.5 Å². The number of anilines is 2. The average Bonchev–Trinajstić information content (AvgIpc) is 2.83. The van der Waals surface area contributed by atoms with E-state index in [-0.39, 0.29) is 12.5 Å². The molecule has 0 saturated carbocycles. The van der Waals surface area contributed by atoms with Gasteiger partial charge in [-0.1, -0.05) is 32.9 Å². The monoisotopic (exact) mass is 453 g/mol. The molecule has 2 aromatic rings. The number of carbonyl (C=O) groups is 2. The van der Waals surface area contributed by atoms with Crippen LogP contribution in [0, 0.1) is 0 Å². The lowest BCUT2D eigenvalue weighted by molar-refractivity contribution is -0.118. The summed E-state index contributed by atoms with van der Waals surface area (Å²) in [6.07, 6.45) is 0. The highest BCUT2D eigenvalue weighted by Crippen LogP contribution is 2.29. The van der Waals surface area contributed by atoms with Crippen molar-refractivity contribution in [2.75, 3.05) is 56.2 Å². The van der Waals surface area contributed by atoms with Gasteiger partial charge < -0.3 is 24.6 Å². The molecule has 2 aromatic carbocycles. The Morgan fingerprint density at radius 3 is 2.30 bits per heavy atom. The molecule has 0 bridgehead atoms. The Morgan fingerprint density at radius 2 is 1.70 bits per heavy atom. The summed E-state index contributed by atoms with van der Waals surface area (Å²) in [5.74, 6) is 0.395. The fraction of sp³-hybridized carbons (Fsp3) is 0.462. The molecule has 1 aliphatic heterocycles. The molecule has 1 fully saturated rings. The van der Waals surface area contributed by atoms with E-state index in [4.69, 9.17) is 9.47 Å². The molecule has 0 atom stereocenters. The van der Waals surface area contributed by atoms with E-state index in [1.165, 1.54) is 5.56 Å². The Labute approximate surface area is 196 Å². The van der Waals surface area contributed by atoms with Gasteiger partial charge in [0.2, 0.25) is 0 Å². The van der Waals surface area contributed by atoms with E-state index in [1.54, 1.807) is 19.1 Å². The summed E-state index contributed by atoms with van der Waals surface area (Å²) in [4.78, 5) is 29.6. The van der Waals surface area contributed by atoms with Crippen LogP contribution < -0.4 is 15.0 Å². The topological polar surface area (TPSA) is 71.1 Å². The molecule has 0 spiro atoms. The lowest BCUT2D eigenvalue weighted by Crippen LogP contribution is -2.46. The number of ether oxygens (including phenoxy) is 2. The van der Waals surface area contributed by atoms with E-state index in [0.717, 1.165) is 38.4 Å². The second-order valence-corrected chi connectivity index (χ2v) is 8.43. The number of carbonyl (C=O) groups excluding carboxylic acids is 2. The predicted molar refractivity (Wildman–Crippen MR) is 131 cm³/mol. The second-order valence-electron chi connectivity index (χ2n) is 8.43. The maximum absolute atomic E-state index is 12.7. The summed E-state index contributed by atoms with van der Waals surface area (Å²) in [7, 11) is 0. The normalized spacial score (nSPS) is 14.3. The molecule has 0 aromatic heterocycles. The molecule has 0 unspecified atom stereocenters. The number of rotatable bonds is 9. The summed E-state index contributed by atoms with van der Waals surface area (Å²) < 4.78 is 10.8. The van der Waals surface area contributed by atoms with Gasteiger partial charge in [0.15, 0.2) is 6.61 Å². The van der Waals surface area contributed by atoms with E-state index in [2.05, 4.69) is 35.9 Å². The first-order valence-electron chi connectivity index (χ1n) is 11.7. The van der Waals surface area contributed by atoms with E-state index in [1.807, 2.05) is 30.3 Å². The molecular weight excluding hydrogens is 418 g/mol. The van der Waals surface area contributed by atoms with Crippen molar-refractivity contribution >= 4 is 23.3 Å². The summed E-state index contributed by atoms with van der Waals surface area (Å²) in [6.45, 7) is 13.0. The summed E-state index contributed by atoms with van der Waals surface area (Å²) in [6, 6.07) is 13.1. The van der Waals surface area contributed by atoms with Gasteiger partial charge in [-0.3, -0.25) is 4.79 Å².